The maximum absolute atomic E-state index is 12.8. The van der Waals surface area contributed by atoms with Gasteiger partial charge >= 0.3 is 5.97 Å². The zero-order valence-electron chi connectivity index (χ0n) is 16.3. The van der Waals surface area contributed by atoms with Gasteiger partial charge in [0, 0.05) is 10.7 Å². The first kappa shape index (κ1) is 19.9. The number of esters is 1. The first-order valence-electron chi connectivity index (χ1n) is 9.88. The third kappa shape index (κ3) is 3.31. The summed E-state index contributed by atoms with van der Waals surface area (Å²) in [6.07, 6.45) is 2.88. The molecule has 1 aromatic carbocycles. The second kappa shape index (κ2) is 7.44. The van der Waals surface area contributed by atoms with E-state index in [0.717, 1.165) is 24.2 Å². The molecule has 29 heavy (non-hydrogen) atoms. The number of likely N-dealkylation sites (tertiary alicyclic amines) is 1. The van der Waals surface area contributed by atoms with Crippen LogP contribution in [0.2, 0.25) is 5.02 Å². The molecule has 1 aromatic rings. The van der Waals surface area contributed by atoms with E-state index < -0.39 is 24.5 Å². The van der Waals surface area contributed by atoms with Crippen molar-refractivity contribution in [3.8, 4) is 0 Å². The van der Waals surface area contributed by atoms with E-state index in [1.807, 2.05) is 0 Å². The predicted octanol–water partition coefficient (Wildman–Crippen LogP) is 2.55. The number of amides is 3. The molecular formula is C21H23ClN2O5. The Labute approximate surface area is 173 Å². The minimum absolute atomic E-state index is 0.251. The molecule has 2 aliphatic carbocycles. The molecule has 7 nitrogen and oxygen atoms in total. The lowest BCUT2D eigenvalue weighted by Crippen LogP contribution is -2.45. The van der Waals surface area contributed by atoms with Gasteiger partial charge in [-0.1, -0.05) is 17.7 Å². The van der Waals surface area contributed by atoms with Crippen molar-refractivity contribution in [2.24, 2.45) is 23.7 Å². The van der Waals surface area contributed by atoms with Gasteiger partial charge in [0.15, 0.2) is 6.61 Å². The van der Waals surface area contributed by atoms with Gasteiger partial charge in [-0.15, -0.1) is 0 Å². The van der Waals surface area contributed by atoms with Gasteiger partial charge < -0.3 is 10.1 Å². The Morgan fingerprint density at radius 3 is 2.45 bits per heavy atom. The van der Waals surface area contributed by atoms with Crippen LogP contribution in [-0.4, -0.2) is 41.2 Å². The van der Waals surface area contributed by atoms with Crippen LogP contribution in [-0.2, 0) is 23.9 Å². The lowest BCUT2D eigenvalue weighted by molar-refractivity contribution is -0.159. The highest BCUT2D eigenvalue weighted by molar-refractivity contribution is 6.31. The van der Waals surface area contributed by atoms with E-state index in [9.17, 15) is 19.2 Å². The van der Waals surface area contributed by atoms with Crippen LogP contribution in [0.25, 0.3) is 0 Å². The number of hydrogen-bond donors (Lipinski definition) is 1. The first-order chi connectivity index (χ1) is 13.8. The van der Waals surface area contributed by atoms with Crippen LogP contribution in [0.1, 0.15) is 31.7 Å². The minimum atomic E-state index is -1.04. The number of hydrogen-bond acceptors (Lipinski definition) is 5. The molecule has 154 valence electrons. The van der Waals surface area contributed by atoms with Crippen LogP contribution in [0.4, 0.5) is 5.69 Å². The van der Waals surface area contributed by atoms with Gasteiger partial charge in [-0.05, 0) is 62.6 Å². The van der Waals surface area contributed by atoms with Crippen LogP contribution < -0.4 is 5.32 Å². The molecule has 1 heterocycles. The predicted molar refractivity (Wildman–Crippen MR) is 105 cm³/mol. The molecule has 1 saturated heterocycles. The molecule has 0 radical (unpaired) electrons. The van der Waals surface area contributed by atoms with Gasteiger partial charge in [0.2, 0.25) is 11.8 Å². The zero-order chi connectivity index (χ0) is 20.9. The fraction of sp³-hybridized carbons (Fsp3) is 0.524. The lowest BCUT2D eigenvalue weighted by atomic mass is 9.81. The Hall–Kier alpha value is -2.41. The number of benzene rings is 1. The Kier molecular flexibility index (Phi) is 5.11. The highest BCUT2D eigenvalue weighted by Gasteiger charge is 2.62. The first-order valence-corrected chi connectivity index (χ1v) is 10.3. The molecule has 3 aliphatic rings. The van der Waals surface area contributed by atoms with Gasteiger partial charge in [0.05, 0.1) is 11.8 Å². The summed E-state index contributed by atoms with van der Waals surface area (Å²) in [5.41, 5.74) is 1.23. The monoisotopic (exact) mass is 418 g/mol. The van der Waals surface area contributed by atoms with Crippen LogP contribution in [0.15, 0.2) is 18.2 Å². The fourth-order valence-electron chi connectivity index (χ4n) is 5.11. The number of carbonyl (C=O) groups is 4. The standard InChI is InChI=1S/C21H23ClN2O5/c1-10-14(22)4-3-5-15(10)23-16(25)9-29-21(28)11(2)24-19(26)17-12-6-7-13(8-12)18(17)20(24)27/h3-5,11-13,17-18H,6-9H2,1-2H3,(H,23,25)/t11-,12-,13+,17+,18+/m1/s1. The third-order valence-corrected chi connectivity index (χ3v) is 6.99. The number of rotatable bonds is 5. The van der Waals surface area contributed by atoms with Gasteiger partial charge in [-0.25, -0.2) is 4.79 Å². The van der Waals surface area contributed by atoms with Crippen molar-refractivity contribution >= 4 is 41.0 Å². The molecule has 8 heteroatoms. The number of anilines is 1. The molecule has 0 spiro atoms. The van der Waals surface area contributed by atoms with Crippen LogP contribution >= 0.6 is 11.6 Å². The molecule has 4 rings (SSSR count). The van der Waals surface area contributed by atoms with Gasteiger partial charge in [0.1, 0.15) is 6.04 Å². The van der Waals surface area contributed by atoms with E-state index in [4.69, 9.17) is 16.3 Å². The van der Waals surface area contributed by atoms with E-state index in [1.165, 1.54) is 6.92 Å². The van der Waals surface area contributed by atoms with Crippen molar-refractivity contribution in [2.75, 3.05) is 11.9 Å². The zero-order valence-corrected chi connectivity index (χ0v) is 17.1. The van der Waals surface area contributed by atoms with Gasteiger partial charge in [-0.3, -0.25) is 19.3 Å². The number of halogens is 1. The topological polar surface area (TPSA) is 92.8 Å². The number of carbonyl (C=O) groups excluding carboxylic acids is 4. The van der Waals surface area contributed by atoms with E-state index in [1.54, 1.807) is 25.1 Å². The number of nitrogens with one attached hydrogen (secondary N) is 1. The van der Waals surface area contributed by atoms with E-state index in [2.05, 4.69) is 5.32 Å². The Bertz CT molecular complexity index is 873. The third-order valence-electron chi connectivity index (χ3n) is 6.58. The van der Waals surface area contributed by atoms with Crippen LogP contribution in [0, 0.1) is 30.6 Å². The average molecular weight is 419 g/mol. The Morgan fingerprint density at radius 1 is 1.21 bits per heavy atom. The molecule has 2 bridgehead atoms. The molecule has 1 N–H and O–H groups in total. The van der Waals surface area contributed by atoms with E-state index in [0.29, 0.717) is 16.3 Å². The normalized spacial score (nSPS) is 28.4. The van der Waals surface area contributed by atoms with Crippen molar-refractivity contribution in [2.45, 2.75) is 39.2 Å². The lowest BCUT2D eigenvalue weighted by Gasteiger charge is -2.23. The highest BCUT2D eigenvalue weighted by Crippen LogP contribution is 2.56. The quantitative estimate of drug-likeness (QED) is 0.586. The number of imide groups is 1. The maximum Gasteiger partial charge on any atom is 0.329 e. The molecular weight excluding hydrogens is 396 g/mol. The summed E-state index contributed by atoms with van der Waals surface area (Å²) in [5.74, 6) is -1.90. The summed E-state index contributed by atoms with van der Waals surface area (Å²) < 4.78 is 5.08. The van der Waals surface area contributed by atoms with Gasteiger partial charge in [-0.2, -0.15) is 0 Å². The Morgan fingerprint density at radius 2 is 1.83 bits per heavy atom. The average Bonchev–Trinajstić information content (AvgIpc) is 3.37. The summed E-state index contributed by atoms with van der Waals surface area (Å²) in [5, 5.41) is 3.15. The van der Waals surface area contributed by atoms with Crippen molar-refractivity contribution in [3.05, 3.63) is 28.8 Å². The number of ether oxygens (including phenoxy) is 1. The number of fused-ring (bicyclic) bond motifs is 5. The molecule has 0 aromatic heterocycles. The molecule has 1 aliphatic heterocycles. The van der Waals surface area contributed by atoms with Crippen LogP contribution in [0.5, 0.6) is 0 Å². The van der Waals surface area contributed by atoms with E-state index >= 15 is 0 Å². The molecule has 3 amide bonds. The molecule has 5 atom stereocenters. The smallest absolute Gasteiger partial charge is 0.329 e. The second-order valence-corrected chi connectivity index (χ2v) is 8.58. The summed E-state index contributed by atoms with van der Waals surface area (Å²) in [4.78, 5) is 51.2. The number of nitrogens with zero attached hydrogens (tertiary/aromatic N) is 1. The second-order valence-electron chi connectivity index (χ2n) is 8.18. The molecule has 0 unspecified atom stereocenters. The Balaban J connectivity index is 1.35. The minimum Gasteiger partial charge on any atom is -0.454 e. The van der Waals surface area contributed by atoms with Crippen molar-refractivity contribution < 1.29 is 23.9 Å². The molecule has 3 fully saturated rings. The maximum atomic E-state index is 12.8. The largest absolute Gasteiger partial charge is 0.454 e. The fourth-order valence-corrected chi connectivity index (χ4v) is 5.28. The van der Waals surface area contributed by atoms with E-state index in [-0.39, 0.29) is 35.5 Å². The SMILES string of the molecule is Cc1c(Cl)cccc1NC(=O)COC(=O)[C@@H](C)N1C(=O)[C@H]2[C@@H]3CC[C@@H](C3)[C@@H]2C1=O. The van der Waals surface area contributed by atoms with Crippen LogP contribution in [0.3, 0.4) is 0 Å². The summed E-state index contributed by atoms with van der Waals surface area (Å²) in [6, 6.07) is 4.06. The summed E-state index contributed by atoms with van der Waals surface area (Å²) in [7, 11) is 0. The highest BCUT2D eigenvalue weighted by atomic mass is 35.5. The van der Waals surface area contributed by atoms with Gasteiger partial charge in [0.25, 0.3) is 5.91 Å². The van der Waals surface area contributed by atoms with Crippen molar-refractivity contribution in [3.63, 3.8) is 0 Å². The molecule has 2 saturated carbocycles. The van der Waals surface area contributed by atoms with Crippen molar-refractivity contribution in [1.29, 1.82) is 0 Å². The summed E-state index contributed by atoms with van der Waals surface area (Å²) in [6.45, 7) is 2.73. The summed E-state index contributed by atoms with van der Waals surface area (Å²) >= 11 is 6.03. The van der Waals surface area contributed by atoms with Crippen molar-refractivity contribution in [1.82, 2.24) is 4.90 Å².